The van der Waals surface area contributed by atoms with Gasteiger partial charge in [0, 0.05) is 19.3 Å². The molecule has 0 aromatic heterocycles. The highest BCUT2D eigenvalue weighted by molar-refractivity contribution is 5.80. The monoisotopic (exact) mass is 444 g/mol. The molecule has 0 aliphatic heterocycles. The zero-order chi connectivity index (χ0) is 23.3. The second-order valence-corrected chi connectivity index (χ2v) is 13.0. The maximum atomic E-state index is 12.2. The molecule has 32 heavy (non-hydrogen) atoms. The van der Waals surface area contributed by atoms with E-state index in [1.807, 2.05) is 13.8 Å². The molecule has 4 aliphatic carbocycles. The molecule has 9 atom stereocenters. The fourth-order valence-electron chi connectivity index (χ4n) is 9.40. The SMILES string of the molecule is CC(=O)OC1CC[C@@]2(C)[C@H](CC[C@@H]3[C@@H]2CC[C@]2(C)[C@@H]([C@H](C)CCC(=O)C(C)C)CC[C@@H]32)C1. The van der Waals surface area contributed by atoms with Gasteiger partial charge in [0.25, 0.3) is 0 Å². The standard InChI is InChI=1S/C29H48O3/c1-18(2)27(31)12-7-19(3)24-10-11-25-23-9-8-21-17-22(32-20(4)30)13-15-28(21,5)26(23)14-16-29(24,25)6/h18-19,21-26H,7-17H2,1-6H3/t19-,21-,22?,23+,24-,25+,26+,28+,29-/m1/s1. The lowest BCUT2D eigenvalue weighted by molar-refractivity contribution is -0.160. The number of hydrogen-bond donors (Lipinski definition) is 0. The van der Waals surface area contributed by atoms with Gasteiger partial charge in [0.2, 0.25) is 0 Å². The van der Waals surface area contributed by atoms with Gasteiger partial charge in [0.15, 0.2) is 0 Å². The first kappa shape index (κ1) is 24.3. The molecule has 4 rings (SSSR count). The fourth-order valence-corrected chi connectivity index (χ4v) is 9.40. The molecule has 3 nitrogen and oxygen atoms in total. The van der Waals surface area contributed by atoms with E-state index in [-0.39, 0.29) is 18.0 Å². The van der Waals surface area contributed by atoms with Crippen LogP contribution in [0.4, 0.5) is 0 Å². The summed E-state index contributed by atoms with van der Waals surface area (Å²) in [6.45, 7) is 13.3. The third-order valence-electron chi connectivity index (χ3n) is 11.2. The Morgan fingerprint density at radius 2 is 1.59 bits per heavy atom. The Hall–Kier alpha value is -0.860. The number of hydrogen-bond acceptors (Lipinski definition) is 3. The Bertz CT molecular complexity index is 713. The number of ether oxygens (including phenoxy) is 1. The van der Waals surface area contributed by atoms with Gasteiger partial charge >= 0.3 is 5.97 Å². The zero-order valence-electron chi connectivity index (χ0n) is 21.6. The largest absolute Gasteiger partial charge is 0.463 e. The van der Waals surface area contributed by atoms with Gasteiger partial charge in [-0.25, -0.2) is 0 Å². The number of esters is 1. The van der Waals surface area contributed by atoms with Crippen molar-refractivity contribution in [3.8, 4) is 0 Å². The zero-order valence-corrected chi connectivity index (χ0v) is 21.6. The summed E-state index contributed by atoms with van der Waals surface area (Å²) in [5.74, 6) is 5.30. The highest BCUT2D eigenvalue weighted by Gasteiger charge is 2.60. The van der Waals surface area contributed by atoms with Gasteiger partial charge in [-0.3, -0.25) is 9.59 Å². The van der Waals surface area contributed by atoms with Gasteiger partial charge < -0.3 is 4.74 Å². The number of fused-ring (bicyclic) bond motifs is 5. The van der Waals surface area contributed by atoms with Crippen molar-refractivity contribution < 1.29 is 14.3 Å². The molecule has 182 valence electrons. The predicted octanol–water partition coefficient (Wildman–Crippen LogP) is 7.22. The Kier molecular flexibility index (Phi) is 6.87. The molecule has 0 amide bonds. The van der Waals surface area contributed by atoms with Crippen LogP contribution in [0.15, 0.2) is 0 Å². The summed E-state index contributed by atoms with van der Waals surface area (Å²) in [7, 11) is 0. The van der Waals surface area contributed by atoms with Gasteiger partial charge in [-0.2, -0.15) is 0 Å². The van der Waals surface area contributed by atoms with Crippen molar-refractivity contribution in [3.05, 3.63) is 0 Å². The minimum Gasteiger partial charge on any atom is -0.463 e. The molecule has 0 aromatic carbocycles. The first-order valence-electron chi connectivity index (χ1n) is 13.8. The van der Waals surface area contributed by atoms with Gasteiger partial charge in [0.1, 0.15) is 11.9 Å². The van der Waals surface area contributed by atoms with Crippen molar-refractivity contribution in [3.63, 3.8) is 0 Å². The van der Waals surface area contributed by atoms with E-state index in [1.54, 1.807) is 6.92 Å². The molecule has 0 heterocycles. The highest BCUT2D eigenvalue weighted by atomic mass is 16.5. The summed E-state index contributed by atoms with van der Waals surface area (Å²) < 4.78 is 5.64. The second-order valence-electron chi connectivity index (χ2n) is 13.0. The summed E-state index contributed by atoms with van der Waals surface area (Å²) in [6.07, 6.45) is 13.6. The lowest BCUT2D eigenvalue weighted by atomic mass is 9.44. The Morgan fingerprint density at radius 3 is 2.28 bits per heavy atom. The molecule has 4 saturated carbocycles. The van der Waals surface area contributed by atoms with Crippen LogP contribution in [0, 0.1) is 52.3 Å². The van der Waals surface area contributed by atoms with Crippen LogP contribution in [0.2, 0.25) is 0 Å². The first-order chi connectivity index (χ1) is 15.1. The number of rotatable bonds is 6. The van der Waals surface area contributed by atoms with E-state index in [1.165, 1.54) is 44.9 Å². The van der Waals surface area contributed by atoms with E-state index >= 15 is 0 Å². The molecule has 4 fully saturated rings. The number of carbonyl (C=O) groups excluding carboxylic acids is 2. The summed E-state index contributed by atoms with van der Waals surface area (Å²) >= 11 is 0. The molecule has 0 radical (unpaired) electrons. The number of Topliss-reactive ketones (excluding diaryl/α,β-unsaturated/α-hetero) is 1. The van der Waals surface area contributed by atoms with Crippen molar-refractivity contribution in [2.24, 2.45) is 52.3 Å². The average molecular weight is 445 g/mol. The number of carbonyl (C=O) groups is 2. The third kappa shape index (κ3) is 4.20. The first-order valence-corrected chi connectivity index (χ1v) is 13.8. The maximum absolute atomic E-state index is 12.2. The summed E-state index contributed by atoms with van der Waals surface area (Å²) in [5, 5.41) is 0. The van der Waals surface area contributed by atoms with Gasteiger partial charge in [-0.15, -0.1) is 0 Å². The molecule has 0 bridgehead atoms. The smallest absolute Gasteiger partial charge is 0.302 e. The minimum absolute atomic E-state index is 0.109. The molecule has 4 aliphatic rings. The van der Waals surface area contributed by atoms with E-state index in [0.717, 1.165) is 55.3 Å². The quantitative estimate of drug-likeness (QED) is 0.406. The van der Waals surface area contributed by atoms with Crippen molar-refractivity contribution in [2.75, 3.05) is 0 Å². The van der Waals surface area contributed by atoms with Crippen LogP contribution in [-0.2, 0) is 14.3 Å². The van der Waals surface area contributed by atoms with E-state index < -0.39 is 0 Å². The molecule has 3 heteroatoms. The van der Waals surface area contributed by atoms with Crippen molar-refractivity contribution in [2.45, 2.75) is 118 Å². The summed E-state index contributed by atoms with van der Waals surface area (Å²) in [6, 6.07) is 0. The Balaban J connectivity index is 1.44. The molecular weight excluding hydrogens is 396 g/mol. The Labute approximate surface area is 196 Å². The average Bonchev–Trinajstić information content (AvgIpc) is 3.08. The number of ketones is 1. The van der Waals surface area contributed by atoms with E-state index in [4.69, 9.17) is 4.74 Å². The Morgan fingerprint density at radius 1 is 0.906 bits per heavy atom. The van der Waals surface area contributed by atoms with E-state index in [0.29, 0.717) is 22.5 Å². The van der Waals surface area contributed by atoms with Crippen LogP contribution in [0.3, 0.4) is 0 Å². The van der Waals surface area contributed by atoms with Crippen LogP contribution < -0.4 is 0 Å². The van der Waals surface area contributed by atoms with Gasteiger partial charge in [-0.1, -0.05) is 34.6 Å². The molecule has 0 aromatic rings. The fraction of sp³-hybridized carbons (Fsp3) is 0.931. The predicted molar refractivity (Wildman–Crippen MR) is 129 cm³/mol. The lowest BCUT2D eigenvalue weighted by Gasteiger charge is -2.61. The van der Waals surface area contributed by atoms with Crippen LogP contribution in [0.25, 0.3) is 0 Å². The van der Waals surface area contributed by atoms with E-state index in [9.17, 15) is 9.59 Å². The van der Waals surface area contributed by atoms with Crippen molar-refractivity contribution in [1.82, 2.24) is 0 Å². The van der Waals surface area contributed by atoms with Crippen LogP contribution >= 0.6 is 0 Å². The highest BCUT2D eigenvalue weighted by Crippen LogP contribution is 2.68. The summed E-state index contributed by atoms with van der Waals surface area (Å²) in [4.78, 5) is 23.7. The van der Waals surface area contributed by atoms with Crippen LogP contribution in [-0.4, -0.2) is 17.9 Å². The lowest BCUT2D eigenvalue weighted by Crippen LogP contribution is -2.54. The molecule has 1 unspecified atom stereocenters. The molecule has 0 N–H and O–H groups in total. The minimum atomic E-state index is -0.109. The second kappa shape index (κ2) is 9.06. The normalized spacial score (nSPS) is 44.3. The van der Waals surface area contributed by atoms with Crippen LogP contribution in [0.1, 0.15) is 112 Å². The van der Waals surface area contributed by atoms with E-state index in [2.05, 4.69) is 20.8 Å². The van der Waals surface area contributed by atoms with Crippen molar-refractivity contribution in [1.29, 1.82) is 0 Å². The summed E-state index contributed by atoms with van der Waals surface area (Å²) in [5.41, 5.74) is 0.911. The molecular formula is C29H48O3. The molecule has 0 saturated heterocycles. The third-order valence-corrected chi connectivity index (χ3v) is 11.2. The van der Waals surface area contributed by atoms with Crippen molar-refractivity contribution >= 4 is 11.8 Å². The van der Waals surface area contributed by atoms with Crippen LogP contribution in [0.5, 0.6) is 0 Å². The maximum Gasteiger partial charge on any atom is 0.302 e. The topological polar surface area (TPSA) is 43.4 Å². The van der Waals surface area contributed by atoms with Gasteiger partial charge in [-0.05, 0) is 111 Å². The molecule has 0 spiro atoms. The van der Waals surface area contributed by atoms with Gasteiger partial charge in [0.05, 0.1) is 0 Å².